The van der Waals surface area contributed by atoms with Crippen molar-refractivity contribution in [2.24, 2.45) is 0 Å². The average molecular weight is 159 g/mol. The summed E-state index contributed by atoms with van der Waals surface area (Å²) in [5.74, 6) is 0.206. The summed E-state index contributed by atoms with van der Waals surface area (Å²) < 4.78 is 4.29. The van der Waals surface area contributed by atoms with Crippen LogP contribution in [0.15, 0.2) is 10.8 Å². The van der Waals surface area contributed by atoms with E-state index in [1.165, 1.54) is 16.7 Å². The molecule has 0 saturated heterocycles. The lowest BCUT2D eigenvalue weighted by atomic mass is 10.5. The van der Waals surface area contributed by atoms with Crippen LogP contribution in [0, 0.1) is 0 Å². The Hall–Kier alpha value is -1.23. The van der Waals surface area contributed by atoms with Gasteiger partial charge in [-0.15, -0.1) is 11.3 Å². The van der Waals surface area contributed by atoms with E-state index in [-0.39, 0.29) is 5.75 Å². The van der Waals surface area contributed by atoms with Crippen LogP contribution in [-0.2, 0) is 0 Å². The summed E-state index contributed by atoms with van der Waals surface area (Å²) >= 11 is 1.29. The van der Waals surface area contributed by atoms with Gasteiger partial charge in [0, 0.05) is 10.8 Å². The number of thiophene rings is 1. The SMILES string of the molecule is Nc1cscc1OC(=O)O. The van der Waals surface area contributed by atoms with E-state index < -0.39 is 6.16 Å². The number of carbonyl (C=O) groups is 1. The normalized spacial score (nSPS) is 9.20. The number of anilines is 1. The first-order valence-corrected chi connectivity index (χ1v) is 3.37. The first kappa shape index (κ1) is 6.88. The van der Waals surface area contributed by atoms with Gasteiger partial charge in [0.2, 0.25) is 0 Å². The highest BCUT2D eigenvalue weighted by Crippen LogP contribution is 2.25. The molecule has 3 N–H and O–H groups in total. The predicted octanol–water partition coefficient (Wildman–Crippen LogP) is 1.39. The van der Waals surface area contributed by atoms with Gasteiger partial charge in [0.25, 0.3) is 0 Å². The molecule has 54 valence electrons. The number of rotatable bonds is 1. The highest BCUT2D eigenvalue weighted by atomic mass is 32.1. The lowest BCUT2D eigenvalue weighted by Crippen LogP contribution is -2.03. The van der Waals surface area contributed by atoms with Crippen LogP contribution in [0.4, 0.5) is 10.5 Å². The summed E-state index contributed by atoms with van der Waals surface area (Å²) in [6, 6.07) is 0. The third-order valence-electron chi connectivity index (χ3n) is 0.852. The molecule has 1 heterocycles. The van der Waals surface area contributed by atoms with Crippen LogP contribution in [-0.4, -0.2) is 11.3 Å². The number of hydrogen-bond acceptors (Lipinski definition) is 4. The first-order valence-electron chi connectivity index (χ1n) is 2.42. The number of nitrogen functional groups attached to an aromatic ring is 1. The molecule has 0 saturated carbocycles. The van der Waals surface area contributed by atoms with Gasteiger partial charge >= 0.3 is 6.16 Å². The summed E-state index contributed by atoms with van der Waals surface area (Å²) in [7, 11) is 0. The molecular weight excluding hydrogens is 154 g/mol. The van der Waals surface area contributed by atoms with Gasteiger partial charge in [0.15, 0.2) is 5.75 Å². The van der Waals surface area contributed by atoms with Crippen LogP contribution >= 0.6 is 11.3 Å². The van der Waals surface area contributed by atoms with E-state index in [1.807, 2.05) is 0 Å². The zero-order valence-electron chi connectivity index (χ0n) is 4.90. The maximum absolute atomic E-state index is 9.95. The minimum Gasteiger partial charge on any atom is -0.449 e. The Morgan fingerprint density at radius 2 is 2.40 bits per heavy atom. The van der Waals surface area contributed by atoms with Crippen molar-refractivity contribution < 1.29 is 14.6 Å². The van der Waals surface area contributed by atoms with E-state index in [0.717, 1.165) is 0 Å². The van der Waals surface area contributed by atoms with E-state index >= 15 is 0 Å². The van der Waals surface area contributed by atoms with Crippen LogP contribution in [0.5, 0.6) is 5.75 Å². The molecule has 0 unspecified atom stereocenters. The Balaban J connectivity index is 2.74. The van der Waals surface area contributed by atoms with Gasteiger partial charge in [-0.3, -0.25) is 0 Å². The van der Waals surface area contributed by atoms with Crippen LogP contribution < -0.4 is 10.5 Å². The lowest BCUT2D eigenvalue weighted by molar-refractivity contribution is 0.145. The Kier molecular flexibility index (Phi) is 1.77. The highest BCUT2D eigenvalue weighted by Gasteiger charge is 2.04. The Bertz CT molecular complexity index is 245. The van der Waals surface area contributed by atoms with E-state index in [1.54, 1.807) is 5.38 Å². The molecule has 0 atom stereocenters. The molecule has 4 nitrogen and oxygen atoms in total. The van der Waals surface area contributed by atoms with Crippen molar-refractivity contribution in [3.05, 3.63) is 10.8 Å². The summed E-state index contributed by atoms with van der Waals surface area (Å²) in [4.78, 5) is 9.95. The van der Waals surface area contributed by atoms with Crippen LogP contribution in [0.2, 0.25) is 0 Å². The smallest absolute Gasteiger partial charge is 0.449 e. The molecule has 1 aromatic heterocycles. The number of hydrogen-bond donors (Lipinski definition) is 2. The van der Waals surface area contributed by atoms with Crippen molar-refractivity contribution in [1.82, 2.24) is 0 Å². The fraction of sp³-hybridized carbons (Fsp3) is 0. The third-order valence-corrected chi connectivity index (χ3v) is 1.59. The fourth-order valence-corrected chi connectivity index (χ4v) is 1.11. The Morgan fingerprint density at radius 1 is 1.70 bits per heavy atom. The quantitative estimate of drug-likeness (QED) is 0.607. The molecule has 0 aromatic carbocycles. The maximum atomic E-state index is 9.95. The topological polar surface area (TPSA) is 72.5 Å². The zero-order valence-corrected chi connectivity index (χ0v) is 5.72. The maximum Gasteiger partial charge on any atom is 0.511 e. The molecular formula is C5H5NO3S. The number of nitrogens with two attached hydrogens (primary N) is 1. The molecule has 0 spiro atoms. The fourth-order valence-electron chi connectivity index (χ4n) is 0.472. The summed E-state index contributed by atoms with van der Waals surface area (Å²) in [5, 5.41) is 11.3. The molecule has 0 aliphatic rings. The lowest BCUT2D eigenvalue weighted by Gasteiger charge is -1.94. The molecule has 0 radical (unpaired) electrons. The molecule has 5 heteroatoms. The highest BCUT2D eigenvalue weighted by molar-refractivity contribution is 7.08. The zero-order chi connectivity index (χ0) is 7.56. The Labute approximate surface area is 60.8 Å². The molecule has 0 fully saturated rings. The summed E-state index contributed by atoms with van der Waals surface area (Å²) in [6.07, 6.45) is -1.34. The number of ether oxygens (including phenoxy) is 1. The van der Waals surface area contributed by atoms with Crippen molar-refractivity contribution in [3.63, 3.8) is 0 Å². The van der Waals surface area contributed by atoms with Gasteiger partial charge in [0.1, 0.15) is 0 Å². The average Bonchev–Trinajstić information content (AvgIpc) is 2.15. The van der Waals surface area contributed by atoms with E-state index in [2.05, 4.69) is 4.74 Å². The van der Waals surface area contributed by atoms with Crippen molar-refractivity contribution in [2.75, 3.05) is 5.73 Å². The molecule has 0 bridgehead atoms. The largest absolute Gasteiger partial charge is 0.511 e. The summed E-state index contributed by atoms with van der Waals surface area (Å²) in [6.45, 7) is 0. The number of carboxylic acid groups (broad SMARTS) is 1. The van der Waals surface area contributed by atoms with Crippen LogP contribution in [0.25, 0.3) is 0 Å². The monoisotopic (exact) mass is 159 g/mol. The van der Waals surface area contributed by atoms with Crippen molar-refractivity contribution in [1.29, 1.82) is 0 Å². The van der Waals surface area contributed by atoms with Crippen LogP contribution in [0.1, 0.15) is 0 Å². The first-order chi connectivity index (χ1) is 4.70. The third kappa shape index (κ3) is 1.38. The second-order valence-corrected chi connectivity index (χ2v) is 2.30. The van der Waals surface area contributed by atoms with Gasteiger partial charge in [-0.2, -0.15) is 0 Å². The van der Waals surface area contributed by atoms with Crippen molar-refractivity contribution >= 4 is 23.2 Å². The van der Waals surface area contributed by atoms with Gasteiger partial charge in [-0.25, -0.2) is 4.79 Å². The Morgan fingerprint density at radius 3 is 2.80 bits per heavy atom. The minimum absolute atomic E-state index is 0.206. The molecule has 0 aliphatic heterocycles. The van der Waals surface area contributed by atoms with Crippen molar-refractivity contribution in [2.45, 2.75) is 0 Å². The standard InChI is InChI=1S/C5H5NO3S/c6-3-1-10-2-4(3)9-5(7)8/h1-2H,6H2,(H,7,8). The minimum atomic E-state index is -1.34. The summed E-state index contributed by atoms with van der Waals surface area (Å²) in [5.41, 5.74) is 5.66. The van der Waals surface area contributed by atoms with E-state index in [4.69, 9.17) is 10.8 Å². The molecule has 10 heavy (non-hydrogen) atoms. The molecule has 1 rings (SSSR count). The molecule has 1 aromatic rings. The molecule has 0 aliphatic carbocycles. The molecule has 0 amide bonds. The van der Waals surface area contributed by atoms with Crippen LogP contribution in [0.3, 0.4) is 0 Å². The van der Waals surface area contributed by atoms with Gasteiger partial charge in [-0.1, -0.05) is 0 Å². The van der Waals surface area contributed by atoms with Gasteiger partial charge in [0.05, 0.1) is 5.69 Å². The van der Waals surface area contributed by atoms with E-state index in [9.17, 15) is 4.79 Å². The van der Waals surface area contributed by atoms with Crippen molar-refractivity contribution in [3.8, 4) is 5.75 Å². The predicted molar refractivity (Wildman–Crippen MR) is 37.4 cm³/mol. The van der Waals surface area contributed by atoms with Gasteiger partial charge in [-0.05, 0) is 0 Å². The van der Waals surface area contributed by atoms with Gasteiger partial charge < -0.3 is 15.6 Å². The second-order valence-electron chi connectivity index (χ2n) is 1.56. The second kappa shape index (κ2) is 2.57. The van der Waals surface area contributed by atoms with E-state index in [0.29, 0.717) is 5.69 Å².